The van der Waals surface area contributed by atoms with Crippen molar-refractivity contribution in [3.05, 3.63) is 48.0 Å². The molecule has 2 amide bonds. The zero-order valence-corrected chi connectivity index (χ0v) is 15.1. The van der Waals surface area contributed by atoms with Crippen LogP contribution >= 0.6 is 0 Å². The molecule has 0 unspecified atom stereocenters. The Bertz CT molecular complexity index is 834. The van der Waals surface area contributed by atoms with Crippen molar-refractivity contribution in [2.24, 2.45) is 0 Å². The van der Waals surface area contributed by atoms with Gasteiger partial charge in [-0.3, -0.25) is 9.59 Å². The lowest BCUT2D eigenvalue weighted by atomic mass is 10.0. The normalized spacial score (nSPS) is 13.2. The number of carbonyl (C=O) groups is 2. The van der Waals surface area contributed by atoms with Crippen molar-refractivity contribution in [2.45, 2.75) is 19.4 Å². The van der Waals surface area contributed by atoms with E-state index in [1.54, 1.807) is 25.1 Å². The first kappa shape index (κ1) is 17.8. The molecule has 0 spiro atoms. The van der Waals surface area contributed by atoms with E-state index in [-0.39, 0.29) is 31.1 Å². The summed E-state index contributed by atoms with van der Waals surface area (Å²) in [6, 6.07) is 12.9. The molecule has 1 heterocycles. The Morgan fingerprint density at radius 1 is 1.12 bits per heavy atom. The Balaban J connectivity index is 1.80. The monoisotopic (exact) mass is 354 g/mol. The number of nitrogens with one attached hydrogen (secondary N) is 1. The lowest BCUT2D eigenvalue weighted by Gasteiger charge is -2.24. The van der Waals surface area contributed by atoms with Crippen LogP contribution < -0.4 is 14.8 Å². The van der Waals surface area contributed by atoms with Crippen LogP contribution in [0.2, 0.25) is 0 Å². The van der Waals surface area contributed by atoms with Gasteiger partial charge in [0.15, 0.2) is 11.5 Å². The molecule has 1 aliphatic rings. The average Bonchev–Trinajstić information content (AvgIpc) is 3.14. The van der Waals surface area contributed by atoms with Gasteiger partial charge in [-0.25, -0.2) is 0 Å². The fraction of sp³-hybridized carbons (Fsp3) is 0.300. The molecule has 2 aromatic rings. The molecule has 1 aliphatic heterocycles. The largest absolute Gasteiger partial charge is 0.454 e. The molecule has 26 heavy (non-hydrogen) atoms. The number of ether oxygens (including phenoxy) is 2. The summed E-state index contributed by atoms with van der Waals surface area (Å²) in [5.41, 5.74) is 2.44. The lowest BCUT2D eigenvalue weighted by Crippen LogP contribution is -2.38. The van der Waals surface area contributed by atoms with Gasteiger partial charge >= 0.3 is 0 Å². The summed E-state index contributed by atoms with van der Waals surface area (Å²) in [7, 11) is 3.30. The molecule has 0 aromatic heterocycles. The van der Waals surface area contributed by atoms with E-state index in [0.717, 1.165) is 16.9 Å². The maximum Gasteiger partial charge on any atom is 0.253 e. The van der Waals surface area contributed by atoms with Gasteiger partial charge in [0.1, 0.15) is 0 Å². The van der Waals surface area contributed by atoms with Gasteiger partial charge in [0, 0.05) is 32.1 Å². The average molecular weight is 354 g/mol. The second kappa shape index (κ2) is 7.47. The van der Waals surface area contributed by atoms with Crippen molar-refractivity contribution in [1.29, 1.82) is 0 Å². The third-order valence-corrected chi connectivity index (χ3v) is 4.56. The van der Waals surface area contributed by atoms with E-state index in [4.69, 9.17) is 9.47 Å². The van der Waals surface area contributed by atoms with Crippen molar-refractivity contribution >= 4 is 11.8 Å². The summed E-state index contributed by atoms with van der Waals surface area (Å²) in [6.07, 6.45) is 0.264. The van der Waals surface area contributed by atoms with E-state index in [2.05, 4.69) is 5.32 Å². The third kappa shape index (κ3) is 3.64. The molecule has 3 rings (SSSR count). The van der Waals surface area contributed by atoms with Crippen molar-refractivity contribution in [2.75, 3.05) is 20.9 Å². The summed E-state index contributed by atoms with van der Waals surface area (Å²) >= 11 is 0. The topological polar surface area (TPSA) is 67.9 Å². The first-order chi connectivity index (χ1) is 12.5. The van der Waals surface area contributed by atoms with Gasteiger partial charge in [-0.05, 0) is 42.3 Å². The minimum atomic E-state index is -0.198. The van der Waals surface area contributed by atoms with Crippen molar-refractivity contribution in [1.82, 2.24) is 10.2 Å². The highest BCUT2D eigenvalue weighted by molar-refractivity contribution is 5.96. The molecule has 0 aliphatic carbocycles. The number of hydrogen-bond acceptors (Lipinski definition) is 4. The van der Waals surface area contributed by atoms with E-state index in [1.165, 1.54) is 0 Å². The van der Waals surface area contributed by atoms with Gasteiger partial charge in [0.25, 0.3) is 5.91 Å². The number of amides is 2. The predicted octanol–water partition coefficient (Wildman–Crippen LogP) is 2.68. The summed E-state index contributed by atoms with van der Waals surface area (Å²) in [5.74, 6) is 1.22. The SMILES string of the molecule is CNC(=O)C[C@H](C)N(C)C(=O)c1cccc(-c2ccc3c(c2)OCO3)c1. The van der Waals surface area contributed by atoms with E-state index in [9.17, 15) is 9.59 Å². The van der Waals surface area contributed by atoms with Gasteiger partial charge < -0.3 is 19.7 Å². The second-order valence-corrected chi connectivity index (χ2v) is 6.29. The van der Waals surface area contributed by atoms with Gasteiger partial charge in [0.2, 0.25) is 12.7 Å². The van der Waals surface area contributed by atoms with Crippen LogP contribution in [-0.4, -0.2) is 43.6 Å². The fourth-order valence-corrected chi connectivity index (χ4v) is 2.82. The summed E-state index contributed by atoms with van der Waals surface area (Å²) in [6.45, 7) is 2.08. The van der Waals surface area contributed by atoms with E-state index < -0.39 is 0 Å². The molecule has 0 bridgehead atoms. The van der Waals surface area contributed by atoms with Crippen molar-refractivity contribution in [3.63, 3.8) is 0 Å². The fourth-order valence-electron chi connectivity index (χ4n) is 2.82. The first-order valence-electron chi connectivity index (χ1n) is 8.47. The first-order valence-corrected chi connectivity index (χ1v) is 8.47. The minimum Gasteiger partial charge on any atom is -0.454 e. The van der Waals surface area contributed by atoms with Crippen LogP contribution in [0.25, 0.3) is 11.1 Å². The number of hydrogen-bond donors (Lipinski definition) is 1. The molecule has 0 radical (unpaired) electrons. The Morgan fingerprint density at radius 2 is 1.85 bits per heavy atom. The quantitative estimate of drug-likeness (QED) is 0.896. The second-order valence-electron chi connectivity index (χ2n) is 6.29. The van der Waals surface area contributed by atoms with Crippen LogP contribution in [0, 0.1) is 0 Å². The number of fused-ring (bicyclic) bond motifs is 1. The Hall–Kier alpha value is -3.02. The maximum atomic E-state index is 12.8. The van der Waals surface area contributed by atoms with Crippen LogP contribution in [0.3, 0.4) is 0 Å². The number of nitrogens with zero attached hydrogens (tertiary/aromatic N) is 1. The van der Waals surface area contributed by atoms with Crippen LogP contribution in [0.4, 0.5) is 0 Å². The van der Waals surface area contributed by atoms with Gasteiger partial charge in [-0.2, -0.15) is 0 Å². The molecular weight excluding hydrogens is 332 g/mol. The zero-order valence-electron chi connectivity index (χ0n) is 15.1. The number of carbonyl (C=O) groups excluding carboxylic acids is 2. The van der Waals surface area contributed by atoms with E-state index >= 15 is 0 Å². The molecule has 0 saturated carbocycles. The summed E-state index contributed by atoms with van der Waals surface area (Å²) in [4.78, 5) is 25.9. The summed E-state index contributed by atoms with van der Waals surface area (Å²) < 4.78 is 10.8. The predicted molar refractivity (Wildman–Crippen MR) is 98.2 cm³/mol. The van der Waals surface area contributed by atoms with Crippen molar-refractivity contribution < 1.29 is 19.1 Å². The molecule has 0 fully saturated rings. The van der Waals surface area contributed by atoms with E-state index in [0.29, 0.717) is 11.3 Å². The minimum absolute atomic E-state index is 0.0914. The Kier molecular flexibility index (Phi) is 5.11. The molecule has 1 N–H and O–H groups in total. The molecular formula is C20H22N2O4. The van der Waals surface area contributed by atoms with Gasteiger partial charge in [-0.1, -0.05) is 18.2 Å². The van der Waals surface area contributed by atoms with Gasteiger partial charge in [-0.15, -0.1) is 0 Å². The molecule has 136 valence electrons. The maximum absolute atomic E-state index is 12.8. The van der Waals surface area contributed by atoms with E-state index in [1.807, 2.05) is 43.3 Å². The molecule has 6 heteroatoms. The molecule has 0 saturated heterocycles. The Labute approximate surface area is 152 Å². The smallest absolute Gasteiger partial charge is 0.253 e. The van der Waals surface area contributed by atoms with Crippen LogP contribution in [0.15, 0.2) is 42.5 Å². The highest BCUT2D eigenvalue weighted by Crippen LogP contribution is 2.36. The molecule has 1 atom stereocenters. The summed E-state index contributed by atoms with van der Waals surface area (Å²) in [5, 5.41) is 2.58. The highest BCUT2D eigenvalue weighted by Gasteiger charge is 2.20. The molecule has 6 nitrogen and oxygen atoms in total. The van der Waals surface area contributed by atoms with Crippen LogP contribution in [0.5, 0.6) is 11.5 Å². The third-order valence-electron chi connectivity index (χ3n) is 4.56. The highest BCUT2D eigenvalue weighted by atomic mass is 16.7. The van der Waals surface area contributed by atoms with Crippen molar-refractivity contribution in [3.8, 4) is 22.6 Å². The standard InChI is InChI=1S/C20H22N2O4/c1-13(9-19(23)21-2)22(3)20(24)16-6-4-5-14(10-16)15-7-8-17-18(11-15)26-12-25-17/h4-8,10-11,13H,9,12H2,1-3H3,(H,21,23)/t13-/m0/s1. The van der Waals surface area contributed by atoms with Crippen LogP contribution in [-0.2, 0) is 4.79 Å². The molecule has 2 aromatic carbocycles. The lowest BCUT2D eigenvalue weighted by molar-refractivity contribution is -0.121. The zero-order chi connectivity index (χ0) is 18.7. The number of benzene rings is 2. The van der Waals surface area contributed by atoms with Crippen LogP contribution in [0.1, 0.15) is 23.7 Å². The number of rotatable bonds is 5. The Morgan fingerprint density at radius 3 is 2.62 bits per heavy atom. The van der Waals surface area contributed by atoms with Gasteiger partial charge in [0.05, 0.1) is 0 Å².